The summed E-state index contributed by atoms with van der Waals surface area (Å²) in [7, 11) is -5.76. The standard InChI is InChI=1S/C17H16F3NO4S/c18-17(19,20)26(23,24)25-12-7-8-16(15(22)9-12)10-21(11-5-6-11)14-4-2-1-3-13(14)16/h1-4,9,11H,5-8,10H2. The molecule has 1 aromatic carbocycles. The molecule has 1 fully saturated rings. The number of nitrogens with zero attached hydrogens (tertiary/aromatic N) is 1. The Morgan fingerprint density at radius 1 is 1.19 bits per heavy atom. The van der Waals surface area contributed by atoms with Crippen molar-refractivity contribution in [1.29, 1.82) is 0 Å². The Bertz CT molecular complexity index is 905. The van der Waals surface area contributed by atoms with Crippen LogP contribution in [0.4, 0.5) is 18.9 Å². The van der Waals surface area contributed by atoms with Crippen LogP contribution in [0.5, 0.6) is 0 Å². The number of carbonyl (C=O) groups excluding carboxylic acids is 1. The molecule has 1 spiro atoms. The van der Waals surface area contributed by atoms with Crippen LogP contribution >= 0.6 is 0 Å². The molecule has 0 N–H and O–H groups in total. The third-order valence-electron chi connectivity index (χ3n) is 5.22. The van der Waals surface area contributed by atoms with E-state index in [1.807, 2.05) is 24.3 Å². The van der Waals surface area contributed by atoms with Crippen molar-refractivity contribution >= 4 is 21.6 Å². The van der Waals surface area contributed by atoms with Crippen LogP contribution in [0.1, 0.15) is 31.2 Å². The lowest BCUT2D eigenvalue weighted by molar-refractivity contribution is -0.120. The van der Waals surface area contributed by atoms with E-state index in [1.54, 1.807) is 0 Å². The fourth-order valence-corrected chi connectivity index (χ4v) is 4.30. The largest absolute Gasteiger partial charge is 0.534 e. The van der Waals surface area contributed by atoms with E-state index >= 15 is 0 Å². The fraction of sp³-hybridized carbons (Fsp3) is 0.471. The maximum absolute atomic E-state index is 12.9. The molecular formula is C17H16F3NO4S. The third-order valence-corrected chi connectivity index (χ3v) is 6.22. The molecule has 26 heavy (non-hydrogen) atoms. The second-order valence-corrected chi connectivity index (χ2v) is 8.45. The second-order valence-electron chi connectivity index (χ2n) is 6.92. The molecule has 0 amide bonds. The van der Waals surface area contributed by atoms with Gasteiger partial charge in [0.05, 0.1) is 5.41 Å². The summed E-state index contributed by atoms with van der Waals surface area (Å²) in [5, 5.41) is 0. The van der Waals surface area contributed by atoms with Gasteiger partial charge in [-0.3, -0.25) is 4.79 Å². The molecule has 0 bridgehead atoms. The van der Waals surface area contributed by atoms with E-state index in [1.165, 1.54) is 0 Å². The second kappa shape index (κ2) is 5.48. The number of fused-ring (bicyclic) bond motifs is 2. The molecule has 1 atom stereocenters. The maximum atomic E-state index is 12.9. The average molecular weight is 387 g/mol. The van der Waals surface area contributed by atoms with Crippen LogP contribution in [0.3, 0.4) is 0 Å². The van der Waals surface area contributed by atoms with E-state index in [4.69, 9.17) is 0 Å². The highest BCUT2D eigenvalue weighted by molar-refractivity contribution is 7.87. The molecule has 4 rings (SSSR count). The third kappa shape index (κ3) is 2.60. The first-order valence-electron chi connectivity index (χ1n) is 8.26. The number of hydrogen-bond acceptors (Lipinski definition) is 5. The van der Waals surface area contributed by atoms with E-state index in [0.29, 0.717) is 12.6 Å². The lowest BCUT2D eigenvalue weighted by atomic mass is 9.72. The van der Waals surface area contributed by atoms with Gasteiger partial charge in [0.15, 0.2) is 5.78 Å². The Labute approximate surface area is 148 Å². The highest BCUT2D eigenvalue weighted by Gasteiger charge is 2.53. The molecule has 1 heterocycles. The Kier molecular flexibility index (Phi) is 3.67. The van der Waals surface area contributed by atoms with Crippen LogP contribution in [-0.4, -0.2) is 32.3 Å². The molecule has 0 aromatic heterocycles. The normalized spacial score (nSPS) is 26.0. The molecule has 0 radical (unpaired) electrons. The Morgan fingerprint density at radius 2 is 1.88 bits per heavy atom. The number of allylic oxidation sites excluding steroid dienone is 2. The van der Waals surface area contributed by atoms with Crippen LogP contribution < -0.4 is 4.90 Å². The van der Waals surface area contributed by atoms with Crippen molar-refractivity contribution < 1.29 is 30.6 Å². The molecule has 3 aliphatic rings. The number of carbonyl (C=O) groups is 1. The summed E-state index contributed by atoms with van der Waals surface area (Å²) in [6.45, 7) is 0.464. The summed E-state index contributed by atoms with van der Waals surface area (Å²) in [4.78, 5) is 15.0. The number of anilines is 1. The van der Waals surface area contributed by atoms with Crippen molar-refractivity contribution in [2.75, 3.05) is 11.4 Å². The van der Waals surface area contributed by atoms with Gasteiger partial charge in [0.2, 0.25) is 0 Å². The molecule has 1 unspecified atom stereocenters. The van der Waals surface area contributed by atoms with E-state index in [2.05, 4.69) is 9.08 Å². The molecular weight excluding hydrogens is 371 g/mol. The molecule has 0 saturated heterocycles. The van der Waals surface area contributed by atoms with Crippen molar-refractivity contribution in [1.82, 2.24) is 0 Å². The monoisotopic (exact) mass is 387 g/mol. The zero-order chi connectivity index (χ0) is 18.7. The number of halogens is 3. The topological polar surface area (TPSA) is 63.7 Å². The summed E-state index contributed by atoms with van der Waals surface area (Å²) in [6.07, 6.45) is 3.18. The van der Waals surface area contributed by atoms with Crippen molar-refractivity contribution in [3.8, 4) is 0 Å². The molecule has 140 valence electrons. The van der Waals surface area contributed by atoms with Gasteiger partial charge >= 0.3 is 15.6 Å². The first kappa shape index (κ1) is 17.4. The SMILES string of the molecule is O=C1C=C(OS(=O)(=O)C(F)(F)F)CCC12CN(C1CC1)c1ccccc12. The molecule has 5 nitrogen and oxygen atoms in total. The van der Waals surface area contributed by atoms with Crippen LogP contribution in [-0.2, 0) is 24.5 Å². The quantitative estimate of drug-likeness (QED) is 0.589. The van der Waals surface area contributed by atoms with E-state index < -0.39 is 32.6 Å². The van der Waals surface area contributed by atoms with Gasteiger partial charge in [-0.05, 0) is 30.9 Å². The lowest BCUT2D eigenvalue weighted by Crippen LogP contribution is -2.43. The Morgan fingerprint density at radius 3 is 2.50 bits per heavy atom. The zero-order valence-corrected chi connectivity index (χ0v) is 14.4. The van der Waals surface area contributed by atoms with E-state index in [-0.39, 0.29) is 12.8 Å². The molecule has 1 aliphatic heterocycles. The van der Waals surface area contributed by atoms with Crippen LogP contribution in [0.15, 0.2) is 36.1 Å². The number of hydrogen-bond donors (Lipinski definition) is 0. The van der Waals surface area contributed by atoms with Crippen LogP contribution in [0.2, 0.25) is 0 Å². The average Bonchev–Trinajstić information content (AvgIpc) is 3.34. The van der Waals surface area contributed by atoms with Crippen molar-refractivity contribution in [3.63, 3.8) is 0 Å². The van der Waals surface area contributed by atoms with Crippen molar-refractivity contribution in [2.45, 2.75) is 42.6 Å². The van der Waals surface area contributed by atoms with Gasteiger partial charge in [0.25, 0.3) is 0 Å². The van der Waals surface area contributed by atoms with Crippen molar-refractivity contribution in [2.24, 2.45) is 0 Å². The van der Waals surface area contributed by atoms with Crippen LogP contribution in [0, 0.1) is 0 Å². The van der Waals surface area contributed by atoms with Gasteiger partial charge in [-0.1, -0.05) is 18.2 Å². The predicted octanol–water partition coefficient (Wildman–Crippen LogP) is 3.02. The maximum Gasteiger partial charge on any atom is 0.534 e. The highest BCUT2D eigenvalue weighted by atomic mass is 32.2. The first-order chi connectivity index (χ1) is 12.1. The van der Waals surface area contributed by atoms with Gasteiger partial charge in [-0.15, -0.1) is 0 Å². The first-order valence-corrected chi connectivity index (χ1v) is 9.67. The molecule has 1 aromatic rings. The van der Waals surface area contributed by atoms with Crippen molar-refractivity contribution in [3.05, 3.63) is 41.7 Å². The highest BCUT2D eigenvalue weighted by Crippen LogP contribution is 2.50. The number of benzene rings is 1. The van der Waals surface area contributed by atoms with Gasteiger partial charge in [-0.25, -0.2) is 0 Å². The number of rotatable bonds is 3. The zero-order valence-electron chi connectivity index (χ0n) is 13.6. The lowest BCUT2D eigenvalue weighted by Gasteiger charge is -2.32. The molecule has 2 aliphatic carbocycles. The summed E-state index contributed by atoms with van der Waals surface area (Å²) in [5.74, 6) is -0.868. The van der Waals surface area contributed by atoms with Gasteiger partial charge in [0.1, 0.15) is 5.76 Å². The Hall–Kier alpha value is -2.03. The van der Waals surface area contributed by atoms with Gasteiger partial charge in [0, 0.05) is 30.8 Å². The predicted molar refractivity (Wildman–Crippen MR) is 86.9 cm³/mol. The summed E-state index contributed by atoms with van der Waals surface area (Å²) >= 11 is 0. The van der Waals surface area contributed by atoms with Gasteiger partial charge < -0.3 is 9.08 Å². The minimum atomic E-state index is -5.76. The number of alkyl halides is 3. The Balaban J connectivity index is 1.65. The smallest absolute Gasteiger partial charge is 0.380 e. The van der Waals surface area contributed by atoms with E-state index in [0.717, 1.165) is 30.2 Å². The van der Waals surface area contributed by atoms with Gasteiger partial charge in [-0.2, -0.15) is 21.6 Å². The molecule has 1 saturated carbocycles. The van der Waals surface area contributed by atoms with Crippen LogP contribution in [0.25, 0.3) is 0 Å². The number of para-hydroxylation sites is 1. The summed E-state index contributed by atoms with van der Waals surface area (Å²) in [6, 6.07) is 7.91. The fourth-order valence-electron chi connectivity index (χ4n) is 3.80. The number of ketones is 1. The summed E-state index contributed by atoms with van der Waals surface area (Å²) in [5.41, 5.74) is -4.54. The minimum absolute atomic E-state index is 0.0477. The minimum Gasteiger partial charge on any atom is -0.380 e. The van der Waals surface area contributed by atoms with E-state index in [9.17, 15) is 26.4 Å². The summed E-state index contributed by atoms with van der Waals surface area (Å²) < 4.78 is 64.0. The molecule has 9 heteroatoms.